The maximum atomic E-state index is 8.51. The van der Waals surface area contributed by atoms with Crippen LogP contribution < -0.4 is 0 Å². The van der Waals surface area contributed by atoms with E-state index >= 15 is 0 Å². The summed E-state index contributed by atoms with van der Waals surface area (Å²) in [6, 6.07) is 0. The highest BCUT2D eigenvalue weighted by Gasteiger charge is 2.45. The van der Waals surface area contributed by atoms with E-state index in [1.54, 1.807) is 5.20 Å². The van der Waals surface area contributed by atoms with Crippen molar-refractivity contribution in [1.82, 2.24) is 0 Å². The molecule has 0 saturated heterocycles. The van der Waals surface area contributed by atoms with E-state index in [4.69, 9.17) is 1.37 Å². The maximum absolute atomic E-state index is 8.51. The van der Waals surface area contributed by atoms with Gasteiger partial charge in [-0.1, -0.05) is 68.8 Å². The average molecular weight is 280 g/mol. The van der Waals surface area contributed by atoms with Gasteiger partial charge in [-0.3, -0.25) is 0 Å². The van der Waals surface area contributed by atoms with Crippen molar-refractivity contribution >= 4 is 16.1 Å². The number of hydrogen-bond donors (Lipinski definition) is 0. The molecule has 0 aromatic heterocycles. The van der Waals surface area contributed by atoms with E-state index in [-0.39, 0.29) is 6.40 Å². The fourth-order valence-corrected chi connectivity index (χ4v) is 11.0. The van der Waals surface area contributed by atoms with E-state index < -0.39 is 16.1 Å². The Kier molecular flexibility index (Phi) is 3.22. The van der Waals surface area contributed by atoms with Gasteiger partial charge in [0.2, 0.25) is 0 Å². The van der Waals surface area contributed by atoms with Crippen molar-refractivity contribution in [1.29, 1.82) is 0 Å². The molecule has 1 unspecified atom stereocenters. The standard InChI is InChI=1S/C16H30Si2/c1-12-9-8-10-13-11-14(12)16(18(5,6)7)15(13)17(2,3)4/h8-9,12-14H,10-11H2,1-7H3/t12-,13-,14-/m0/s1/i10D/t10?,12-,13-,14-. The summed E-state index contributed by atoms with van der Waals surface area (Å²) in [5.74, 6) is 1.90. The van der Waals surface area contributed by atoms with Gasteiger partial charge in [0.25, 0.3) is 0 Å². The maximum Gasteiger partial charge on any atom is 0.0722 e. The Bertz CT molecular complexity index is 385. The lowest BCUT2D eigenvalue weighted by Gasteiger charge is -2.33. The minimum atomic E-state index is -1.32. The molecule has 2 heteroatoms. The third-order valence-electron chi connectivity index (χ3n) is 4.55. The molecule has 102 valence electrons. The van der Waals surface area contributed by atoms with Crippen molar-refractivity contribution in [2.45, 2.75) is 59.0 Å². The molecule has 0 aromatic rings. The van der Waals surface area contributed by atoms with Crippen LogP contribution in [0.5, 0.6) is 0 Å². The van der Waals surface area contributed by atoms with E-state index in [9.17, 15) is 0 Å². The quantitative estimate of drug-likeness (QED) is 0.477. The summed E-state index contributed by atoms with van der Waals surface area (Å²) in [7, 11) is -2.60. The fraction of sp³-hybridized carbons (Fsp3) is 0.750. The topological polar surface area (TPSA) is 0 Å². The molecule has 0 radical (unpaired) electrons. The van der Waals surface area contributed by atoms with E-state index in [1.807, 2.05) is 5.20 Å². The molecule has 0 heterocycles. The number of rotatable bonds is 2. The zero-order chi connectivity index (χ0) is 14.6. The number of hydrogen-bond acceptors (Lipinski definition) is 0. The van der Waals surface area contributed by atoms with Crippen LogP contribution in [0.3, 0.4) is 0 Å². The van der Waals surface area contributed by atoms with Crippen molar-refractivity contribution in [3.63, 3.8) is 0 Å². The molecule has 2 aliphatic carbocycles. The van der Waals surface area contributed by atoms with Gasteiger partial charge in [-0.2, -0.15) is 0 Å². The summed E-state index contributed by atoms with van der Waals surface area (Å²) in [4.78, 5) is 0. The Balaban J connectivity index is 2.62. The summed E-state index contributed by atoms with van der Waals surface area (Å²) in [5, 5.41) is 3.64. The number of fused-ring (bicyclic) bond motifs is 2. The Hall–Kier alpha value is -0.0862. The highest BCUT2D eigenvalue weighted by Crippen LogP contribution is 2.50. The monoisotopic (exact) mass is 279 g/mol. The third kappa shape index (κ3) is 2.46. The summed E-state index contributed by atoms with van der Waals surface area (Å²) in [6.07, 6.45) is 5.75. The first kappa shape index (κ1) is 12.9. The summed E-state index contributed by atoms with van der Waals surface area (Å²) < 4.78 is 8.51. The SMILES string of the molecule is [2H]C1C=C[C@H](C)[C@@H]2C[C@H]1C([Si](C)(C)C)=C2[Si](C)(C)C. The van der Waals surface area contributed by atoms with Gasteiger partial charge in [0.15, 0.2) is 0 Å². The fourth-order valence-electron chi connectivity index (χ4n) is 3.99. The van der Waals surface area contributed by atoms with Crippen LogP contribution in [0.1, 0.15) is 21.1 Å². The molecule has 0 fully saturated rings. The predicted molar refractivity (Wildman–Crippen MR) is 88.2 cm³/mol. The Labute approximate surface area is 117 Å². The lowest BCUT2D eigenvalue weighted by Crippen LogP contribution is -2.36. The van der Waals surface area contributed by atoms with Gasteiger partial charge < -0.3 is 0 Å². The van der Waals surface area contributed by atoms with E-state index in [0.717, 1.165) is 5.92 Å². The van der Waals surface area contributed by atoms with E-state index in [1.165, 1.54) is 6.42 Å². The van der Waals surface area contributed by atoms with Gasteiger partial charge in [0.05, 0.1) is 16.1 Å². The highest BCUT2D eigenvalue weighted by molar-refractivity contribution is 6.89. The molecule has 0 N–H and O–H groups in total. The largest absolute Gasteiger partial charge is 0.0877 e. The Morgan fingerprint density at radius 2 is 1.61 bits per heavy atom. The highest BCUT2D eigenvalue weighted by atomic mass is 28.3. The van der Waals surface area contributed by atoms with Gasteiger partial charge in [-0.05, 0) is 30.6 Å². The second kappa shape index (κ2) is 4.48. The van der Waals surface area contributed by atoms with Crippen molar-refractivity contribution in [2.75, 3.05) is 0 Å². The zero-order valence-electron chi connectivity index (χ0n) is 14.2. The van der Waals surface area contributed by atoms with Crippen LogP contribution in [0.25, 0.3) is 0 Å². The molecule has 18 heavy (non-hydrogen) atoms. The average Bonchev–Trinajstić information content (AvgIpc) is 2.58. The first-order chi connectivity index (χ1) is 8.53. The molecule has 0 aliphatic heterocycles. The van der Waals surface area contributed by atoms with Crippen LogP contribution >= 0.6 is 0 Å². The van der Waals surface area contributed by atoms with Crippen molar-refractivity contribution < 1.29 is 1.37 Å². The number of allylic oxidation sites excluding steroid dienone is 4. The van der Waals surface area contributed by atoms with Crippen LogP contribution in [0.15, 0.2) is 22.5 Å². The van der Waals surface area contributed by atoms with Gasteiger partial charge in [0, 0.05) is 1.37 Å². The summed E-state index contributed by atoms with van der Waals surface area (Å²) in [6.45, 7) is 17.4. The lowest BCUT2D eigenvalue weighted by molar-refractivity contribution is 0.455. The third-order valence-corrected chi connectivity index (χ3v) is 9.31. The van der Waals surface area contributed by atoms with Crippen LogP contribution in [-0.2, 0) is 0 Å². The first-order valence-electron chi connectivity index (χ1n) is 7.97. The van der Waals surface area contributed by atoms with E-state index in [0.29, 0.717) is 11.8 Å². The van der Waals surface area contributed by atoms with Gasteiger partial charge in [-0.25, -0.2) is 0 Å². The smallest absolute Gasteiger partial charge is 0.0722 e. The van der Waals surface area contributed by atoms with Crippen LogP contribution in [0, 0.1) is 17.8 Å². The molecule has 2 aliphatic rings. The molecular formula is C16H30Si2. The van der Waals surface area contributed by atoms with Crippen LogP contribution in [0.2, 0.25) is 39.3 Å². The molecule has 0 amide bonds. The van der Waals surface area contributed by atoms with Crippen molar-refractivity contribution in [3.05, 3.63) is 22.5 Å². The van der Waals surface area contributed by atoms with Gasteiger partial charge in [0.1, 0.15) is 0 Å². The summed E-state index contributed by atoms with van der Waals surface area (Å²) in [5.41, 5.74) is 0. The lowest BCUT2D eigenvalue weighted by atomic mass is 9.93. The molecular weight excluding hydrogens is 248 g/mol. The zero-order valence-corrected chi connectivity index (χ0v) is 15.2. The minimum absolute atomic E-state index is 0.00280. The molecule has 4 atom stereocenters. The molecule has 2 bridgehead atoms. The molecule has 0 saturated carbocycles. The summed E-state index contributed by atoms with van der Waals surface area (Å²) >= 11 is 0. The molecule has 0 spiro atoms. The van der Waals surface area contributed by atoms with Gasteiger partial charge >= 0.3 is 0 Å². The second-order valence-electron chi connectivity index (χ2n) is 8.21. The molecule has 0 aromatic carbocycles. The van der Waals surface area contributed by atoms with Crippen LogP contribution in [0.4, 0.5) is 0 Å². The van der Waals surface area contributed by atoms with E-state index in [2.05, 4.69) is 58.4 Å². The second-order valence-corrected chi connectivity index (χ2v) is 18.3. The normalized spacial score (nSPS) is 37.8. The molecule has 0 nitrogen and oxygen atoms in total. The van der Waals surface area contributed by atoms with Crippen LogP contribution in [-0.4, -0.2) is 16.1 Å². The van der Waals surface area contributed by atoms with Crippen molar-refractivity contribution in [3.8, 4) is 0 Å². The first-order valence-corrected chi connectivity index (χ1v) is 14.4. The molecule has 2 rings (SSSR count). The van der Waals surface area contributed by atoms with Crippen molar-refractivity contribution in [2.24, 2.45) is 17.8 Å². The minimum Gasteiger partial charge on any atom is -0.0877 e. The predicted octanol–water partition coefficient (Wildman–Crippen LogP) is 5.27. The Morgan fingerprint density at radius 3 is 2.11 bits per heavy atom. The Morgan fingerprint density at radius 1 is 1.06 bits per heavy atom. The van der Waals surface area contributed by atoms with Gasteiger partial charge in [-0.15, -0.1) is 0 Å².